The third kappa shape index (κ3) is 3.99. The number of rotatable bonds is 5. The van der Waals surface area contributed by atoms with Crippen LogP contribution in [0.2, 0.25) is 0 Å². The Labute approximate surface area is 176 Å². The maximum absolute atomic E-state index is 4.60. The quantitative estimate of drug-likeness (QED) is 0.361. The first-order chi connectivity index (χ1) is 14.0. The van der Waals surface area contributed by atoms with Gasteiger partial charge in [0.15, 0.2) is 11.0 Å². The Kier molecular flexibility index (Phi) is 5.54. The highest BCUT2D eigenvalue weighted by Gasteiger charge is 2.18. The molecule has 4 heteroatoms. The van der Waals surface area contributed by atoms with Crippen molar-refractivity contribution in [2.24, 2.45) is 0 Å². The van der Waals surface area contributed by atoms with Crippen LogP contribution >= 0.6 is 11.8 Å². The Morgan fingerprint density at radius 3 is 2.17 bits per heavy atom. The van der Waals surface area contributed by atoms with Gasteiger partial charge >= 0.3 is 0 Å². The number of nitrogens with zero attached hydrogens (tertiary/aromatic N) is 3. The fraction of sp³-hybridized carbons (Fsp3) is 0.200. The largest absolute Gasteiger partial charge is 0.270 e. The Balaban J connectivity index is 1.77. The second kappa shape index (κ2) is 8.26. The van der Waals surface area contributed by atoms with E-state index < -0.39 is 0 Å². The summed E-state index contributed by atoms with van der Waals surface area (Å²) in [5.41, 5.74) is 8.58. The summed E-state index contributed by atoms with van der Waals surface area (Å²) < 4.78 is 2.20. The fourth-order valence-electron chi connectivity index (χ4n) is 3.43. The molecule has 1 aromatic heterocycles. The van der Waals surface area contributed by atoms with E-state index in [1.807, 2.05) is 0 Å². The lowest BCUT2D eigenvalue weighted by molar-refractivity contribution is 0.880. The topological polar surface area (TPSA) is 30.7 Å². The molecule has 0 aliphatic carbocycles. The van der Waals surface area contributed by atoms with Crippen LogP contribution in [0.5, 0.6) is 0 Å². The van der Waals surface area contributed by atoms with Gasteiger partial charge in [-0.25, -0.2) is 0 Å². The number of benzene rings is 3. The van der Waals surface area contributed by atoms with E-state index in [-0.39, 0.29) is 0 Å². The summed E-state index contributed by atoms with van der Waals surface area (Å²) in [5.74, 6) is 1.75. The molecule has 0 aliphatic rings. The molecule has 0 amide bonds. The van der Waals surface area contributed by atoms with Crippen LogP contribution in [0.1, 0.15) is 27.8 Å². The van der Waals surface area contributed by atoms with Crippen molar-refractivity contribution in [2.75, 3.05) is 0 Å². The van der Waals surface area contributed by atoms with E-state index in [1.165, 1.54) is 27.8 Å². The van der Waals surface area contributed by atoms with Gasteiger partial charge in [0.25, 0.3) is 0 Å². The molecule has 0 saturated heterocycles. The lowest BCUT2D eigenvalue weighted by Gasteiger charge is -2.14. The molecule has 146 valence electrons. The van der Waals surface area contributed by atoms with E-state index in [2.05, 4.69) is 109 Å². The Morgan fingerprint density at radius 2 is 1.45 bits per heavy atom. The maximum atomic E-state index is 4.60. The fourth-order valence-corrected chi connectivity index (χ4v) is 4.32. The zero-order valence-corrected chi connectivity index (χ0v) is 18.1. The predicted octanol–water partition coefficient (Wildman–Crippen LogP) is 6.46. The van der Waals surface area contributed by atoms with Crippen molar-refractivity contribution in [3.8, 4) is 17.1 Å². The number of hydrogen-bond donors (Lipinski definition) is 0. The van der Waals surface area contributed by atoms with E-state index in [4.69, 9.17) is 0 Å². The van der Waals surface area contributed by atoms with E-state index in [0.717, 1.165) is 28.0 Å². The number of aryl methyl sites for hydroxylation is 4. The molecule has 0 atom stereocenters. The van der Waals surface area contributed by atoms with Crippen molar-refractivity contribution in [3.63, 3.8) is 0 Å². The van der Waals surface area contributed by atoms with Crippen molar-refractivity contribution in [1.29, 1.82) is 0 Å². The molecule has 3 nitrogen and oxygen atoms in total. The van der Waals surface area contributed by atoms with Gasteiger partial charge in [0, 0.05) is 11.3 Å². The summed E-state index contributed by atoms with van der Waals surface area (Å²) in [5, 5.41) is 10.1. The summed E-state index contributed by atoms with van der Waals surface area (Å²) in [6, 6.07) is 23.4. The third-order valence-corrected chi connectivity index (χ3v) is 6.32. The standard InChI is InChI=1S/C25H25N3S/c1-17-13-14-21(15-20(17)4)16-29-25-27-26-24(22-11-7-5-9-18(22)2)28(25)23-12-8-6-10-19(23)3/h5-15H,16H2,1-4H3. The number of aromatic nitrogens is 3. The van der Waals surface area contributed by atoms with Gasteiger partial charge in [0.2, 0.25) is 0 Å². The van der Waals surface area contributed by atoms with Crippen LogP contribution in [0.25, 0.3) is 17.1 Å². The Hall–Kier alpha value is -2.85. The van der Waals surface area contributed by atoms with Gasteiger partial charge in [0.05, 0.1) is 5.69 Å². The summed E-state index contributed by atoms with van der Waals surface area (Å²) in [4.78, 5) is 0. The summed E-state index contributed by atoms with van der Waals surface area (Å²) >= 11 is 1.73. The first-order valence-corrected chi connectivity index (χ1v) is 10.8. The molecule has 4 aromatic rings. The molecular weight excluding hydrogens is 374 g/mol. The number of thioether (sulfide) groups is 1. The first kappa shape index (κ1) is 19.5. The molecule has 0 fully saturated rings. The minimum absolute atomic E-state index is 0.860. The third-order valence-electron chi connectivity index (χ3n) is 5.31. The van der Waals surface area contributed by atoms with Gasteiger partial charge in [-0.1, -0.05) is 72.4 Å². The normalized spacial score (nSPS) is 11.0. The molecule has 0 radical (unpaired) electrons. The van der Waals surface area contributed by atoms with Crippen molar-refractivity contribution < 1.29 is 0 Å². The number of hydrogen-bond acceptors (Lipinski definition) is 3. The van der Waals surface area contributed by atoms with Crippen LogP contribution < -0.4 is 0 Å². The van der Waals surface area contributed by atoms with Crippen LogP contribution in [-0.2, 0) is 5.75 Å². The zero-order chi connectivity index (χ0) is 20.4. The van der Waals surface area contributed by atoms with Gasteiger partial charge in [-0.3, -0.25) is 4.57 Å². The van der Waals surface area contributed by atoms with Crippen LogP contribution in [-0.4, -0.2) is 14.8 Å². The molecule has 0 saturated carbocycles. The van der Waals surface area contributed by atoms with Crippen molar-refractivity contribution >= 4 is 11.8 Å². The van der Waals surface area contributed by atoms with Gasteiger partial charge in [0.1, 0.15) is 0 Å². The van der Waals surface area contributed by atoms with Crippen molar-refractivity contribution in [2.45, 2.75) is 38.6 Å². The van der Waals surface area contributed by atoms with Crippen LogP contribution in [0, 0.1) is 27.7 Å². The molecule has 0 bridgehead atoms. The molecular formula is C25H25N3S. The monoisotopic (exact) mass is 399 g/mol. The minimum Gasteiger partial charge on any atom is -0.270 e. The second-order valence-corrected chi connectivity index (χ2v) is 8.39. The van der Waals surface area contributed by atoms with Crippen LogP contribution in [0.3, 0.4) is 0 Å². The smallest absolute Gasteiger partial charge is 0.196 e. The molecule has 29 heavy (non-hydrogen) atoms. The molecule has 3 aromatic carbocycles. The molecule has 0 N–H and O–H groups in total. The number of para-hydroxylation sites is 1. The second-order valence-electron chi connectivity index (χ2n) is 7.45. The highest BCUT2D eigenvalue weighted by molar-refractivity contribution is 7.98. The first-order valence-electron chi connectivity index (χ1n) is 9.81. The summed E-state index contributed by atoms with van der Waals surface area (Å²) in [7, 11) is 0. The van der Waals surface area contributed by atoms with Crippen molar-refractivity contribution in [3.05, 3.63) is 94.5 Å². The molecule has 0 spiro atoms. The van der Waals surface area contributed by atoms with E-state index >= 15 is 0 Å². The van der Waals surface area contributed by atoms with E-state index in [0.29, 0.717) is 0 Å². The molecule has 4 rings (SSSR count). The average molecular weight is 400 g/mol. The average Bonchev–Trinajstić information content (AvgIpc) is 3.13. The van der Waals surface area contributed by atoms with Gasteiger partial charge in [-0.05, 0) is 61.6 Å². The SMILES string of the molecule is Cc1ccc(CSc2nnc(-c3ccccc3C)n2-c2ccccc2C)cc1C. The highest BCUT2D eigenvalue weighted by atomic mass is 32.2. The molecule has 1 heterocycles. The van der Waals surface area contributed by atoms with Gasteiger partial charge in [-0.2, -0.15) is 0 Å². The lowest BCUT2D eigenvalue weighted by atomic mass is 10.1. The summed E-state index contributed by atoms with van der Waals surface area (Å²) in [6.45, 7) is 8.56. The lowest BCUT2D eigenvalue weighted by Crippen LogP contribution is -2.02. The van der Waals surface area contributed by atoms with Crippen LogP contribution in [0.4, 0.5) is 0 Å². The van der Waals surface area contributed by atoms with Crippen LogP contribution in [0.15, 0.2) is 71.9 Å². The van der Waals surface area contributed by atoms with E-state index in [9.17, 15) is 0 Å². The minimum atomic E-state index is 0.860. The Bertz CT molecular complexity index is 1160. The highest BCUT2D eigenvalue weighted by Crippen LogP contribution is 2.32. The van der Waals surface area contributed by atoms with E-state index in [1.54, 1.807) is 11.8 Å². The maximum Gasteiger partial charge on any atom is 0.196 e. The van der Waals surface area contributed by atoms with Gasteiger partial charge < -0.3 is 0 Å². The zero-order valence-electron chi connectivity index (χ0n) is 17.3. The van der Waals surface area contributed by atoms with Crippen molar-refractivity contribution in [1.82, 2.24) is 14.8 Å². The molecule has 0 unspecified atom stereocenters. The molecule has 0 aliphatic heterocycles. The summed E-state index contributed by atoms with van der Waals surface area (Å²) in [6.07, 6.45) is 0. The predicted molar refractivity (Wildman–Crippen MR) is 122 cm³/mol. The van der Waals surface area contributed by atoms with Gasteiger partial charge in [-0.15, -0.1) is 10.2 Å². The Morgan fingerprint density at radius 1 is 0.724 bits per heavy atom.